The van der Waals surface area contributed by atoms with Crippen LogP contribution >= 0.6 is 0 Å². The Labute approximate surface area is 181 Å². The predicted molar refractivity (Wildman–Crippen MR) is 111 cm³/mol. The van der Waals surface area contributed by atoms with Crippen molar-refractivity contribution < 1.29 is 23.9 Å². The summed E-state index contributed by atoms with van der Waals surface area (Å²) in [6, 6.07) is 4.69. The minimum absolute atomic E-state index is 0.147. The monoisotopic (exact) mass is 428 g/mol. The van der Waals surface area contributed by atoms with Crippen molar-refractivity contribution in [1.82, 2.24) is 20.4 Å². The van der Waals surface area contributed by atoms with Crippen LogP contribution in [0.2, 0.25) is 0 Å². The summed E-state index contributed by atoms with van der Waals surface area (Å²) in [4.78, 5) is 52.3. The van der Waals surface area contributed by atoms with Gasteiger partial charge in [-0.2, -0.15) is 0 Å². The van der Waals surface area contributed by atoms with E-state index in [-0.39, 0.29) is 29.8 Å². The molecule has 0 saturated carbocycles. The number of amides is 5. The molecule has 4 rings (SSSR count). The highest BCUT2D eigenvalue weighted by Gasteiger charge is 2.39. The number of nitrogens with zero attached hydrogens (tertiary/aromatic N) is 2. The van der Waals surface area contributed by atoms with E-state index in [1.165, 1.54) is 4.90 Å². The first-order chi connectivity index (χ1) is 14.8. The van der Waals surface area contributed by atoms with Crippen LogP contribution in [0.25, 0.3) is 0 Å². The number of urea groups is 1. The summed E-state index contributed by atoms with van der Waals surface area (Å²) < 4.78 is 5.41. The van der Waals surface area contributed by atoms with E-state index >= 15 is 0 Å². The number of fused-ring (bicyclic) bond motifs is 1. The van der Waals surface area contributed by atoms with E-state index in [0.29, 0.717) is 38.3 Å². The zero-order chi connectivity index (χ0) is 22.2. The minimum atomic E-state index is -0.630. The van der Waals surface area contributed by atoms with E-state index in [1.807, 2.05) is 12.1 Å². The van der Waals surface area contributed by atoms with Gasteiger partial charge in [0.2, 0.25) is 11.8 Å². The van der Waals surface area contributed by atoms with Gasteiger partial charge < -0.3 is 19.9 Å². The Morgan fingerprint density at radius 3 is 2.74 bits per heavy atom. The van der Waals surface area contributed by atoms with Gasteiger partial charge >= 0.3 is 6.03 Å². The first-order valence-electron chi connectivity index (χ1n) is 10.6. The number of carbonyl (C=O) groups excluding carboxylic acids is 4. The standard InChI is InChI=1S/C22H28N4O5/c1-22(7-9-31-10-8-22)25(2)21(30)23-12-14-3-4-16-15(11-14)13-26(20(16)29)17-5-6-18(27)24-19(17)28/h3-4,11,17H,5-10,12-13H2,1-2H3,(H,23,30)(H,24,27,28). The van der Waals surface area contributed by atoms with Gasteiger partial charge in [0, 0.05) is 50.9 Å². The second-order valence-corrected chi connectivity index (χ2v) is 8.72. The molecular weight excluding hydrogens is 400 g/mol. The Kier molecular flexibility index (Phi) is 5.70. The van der Waals surface area contributed by atoms with Gasteiger partial charge in [-0.3, -0.25) is 19.7 Å². The normalized spacial score (nSPS) is 22.7. The fourth-order valence-corrected chi connectivity index (χ4v) is 4.43. The lowest BCUT2D eigenvalue weighted by atomic mass is 9.91. The summed E-state index contributed by atoms with van der Waals surface area (Å²) in [5, 5.41) is 5.26. The van der Waals surface area contributed by atoms with Gasteiger partial charge in [0.05, 0.1) is 0 Å². The van der Waals surface area contributed by atoms with Crippen LogP contribution in [-0.2, 0) is 27.4 Å². The minimum Gasteiger partial charge on any atom is -0.381 e. The van der Waals surface area contributed by atoms with Crippen LogP contribution in [0.15, 0.2) is 18.2 Å². The molecule has 3 heterocycles. The van der Waals surface area contributed by atoms with Gasteiger partial charge in [-0.1, -0.05) is 12.1 Å². The van der Waals surface area contributed by atoms with Crippen LogP contribution in [0.1, 0.15) is 54.1 Å². The predicted octanol–water partition coefficient (Wildman–Crippen LogP) is 1.16. The Morgan fingerprint density at radius 1 is 1.29 bits per heavy atom. The number of hydrogen-bond donors (Lipinski definition) is 2. The van der Waals surface area contributed by atoms with Gasteiger partial charge in [0.15, 0.2) is 0 Å². The van der Waals surface area contributed by atoms with Crippen molar-refractivity contribution in [2.75, 3.05) is 20.3 Å². The number of benzene rings is 1. The molecule has 1 aromatic rings. The van der Waals surface area contributed by atoms with Crippen LogP contribution in [0.4, 0.5) is 4.79 Å². The van der Waals surface area contributed by atoms with Gasteiger partial charge in [0.1, 0.15) is 6.04 Å². The largest absolute Gasteiger partial charge is 0.381 e. The summed E-state index contributed by atoms with van der Waals surface area (Å²) in [6.07, 6.45) is 2.16. The van der Waals surface area contributed by atoms with E-state index < -0.39 is 11.9 Å². The van der Waals surface area contributed by atoms with Crippen molar-refractivity contribution in [2.24, 2.45) is 0 Å². The van der Waals surface area contributed by atoms with E-state index in [4.69, 9.17) is 4.74 Å². The second-order valence-electron chi connectivity index (χ2n) is 8.72. The highest BCUT2D eigenvalue weighted by atomic mass is 16.5. The SMILES string of the molecule is CN(C(=O)NCc1ccc2c(c1)CN(C1CCC(=O)NC1=O)C2=O)C1(C)CCOCC1. The van der Waals surface area contributed by atoms with Gasteiger partial charge in [-0.05, 0) is 43.4 Å². The molecule has 0 spiro atoms. The van der Waals surface area contributed by atoms with E-state index in [2.05, 4.69) is 17.6 Å². The molecule has 9 nitrogen and oxygen atoms in total. The molecular formula is C22H28N4O5. The molecule has 1 atom stereocenters. The third-order valence-electron chi connectivity index (χ3n) is 6.72. The smallest absolute Gasteiger partial charge is 0.317 e. The molecule has 9 heteroatoms. The zero-order valence-electron chi connectivity index (χ0n) is 17.9. The average Bonchev–Trinajstić information content (AvgIpc) is 3.07. The third-order valence-corrected chi connectivity index (χ3v) is 6.72. The van der Waals surface area contributed by atoms with Crippen LogP contribution in [0.3, 0.4) is 0 Å². The van der Waals surface area contributed by atoms with E-state index in [9.17, 15) is 19.2 Å². The van der Waals surface area contributed by atoms with E-state index in [0.717, 1.165) is 24.0 Å². The molecule has 2 saturated heterocycles. The van der Waals surface area contributed by atoms with Crippen molar-refractivity contribution in [2.45, 2.75) is 57.3 Å². The summed E-state index contributed by atoms with van der Waals surface area (Å²) >= 11 is 0. The van der Waals surface area contributed by atoms with Crippen molar-refractivity contribution in [3.05, 3.63) is 34.9 Å². The van der Waals surface area contributed by atoms with E-state index in [1.54, 1.807) is 18.0 Å². The molecule has 0 radical (unpaired) electrons. The first-order valence-corrected chi connectivity index (χ1v) is 10.6. The molecule has 1 aromatic carbocycles. The van der Waals surface area contributed by atoms with Crippen molar-refractivity contribution in [3.8, 4) is 0 Å². The number of piperidine rings is 1. The molecule has 5 amide bonds. The number of ether oxygens (including phenoxy) is 1. The maximum Gasteiger partial charge on any atom is 0.317 e. The molecule has 0 aliphatic carbocycles. The van der Waals surface area contributed by atoms with Crippen LogP contribution in [0.5, 0.6) is 0 Å². The average molecular weight is 428 g/mol. The van der Waals surface area contributed by atoms with Crippen LogP contribution in [0, 0.1) is 0 Å². The lowest BCUT2D eigenvalue weighted by Crippen LogP contribution is -2.53. The molecule has 2 N–H and O–H groups in total. The van der Waals surface area contributed by atoms with Crippen LogP contribution < -0.4 is 10.6 Å². The molecule has 166 valence electrons. The molecule has 1 unspecified atom stereocenters. The summed E-state index contributed by atoms with van der Waals surface area (Å²) in [7, 11) is 1.81. The third kappa shape index (κ3) is 4.14. The summed E-state index contributed by atoms with van der Waals surface area (Å²) in [5.41, 5.74) is 2.04. The number of rotatable bonds is 4. The Balaban J connectivity index is 1.39. The summed E-state index contributed by atoms with van der Waals surface area (Å²) in [5.74, 6) is -0.926. The number of carbonyl (C=O) groups is 4. The molecule has 31 heavy (non-hydrogen) atoms. The van der Waals surface area contributed by atoms with Crippen LogP contribution in [-0.4, -0.2) is 65.4 Å². The Morgan fingerprint density at radius 2 is 2.03 bits per heavy atom. The molecule has 3 aliphatic rings. The maximum absolute atomic E-state index is 12.8. The van der Waals surface area contributed by atoms with Gasteiger partial charge in [0.25, 0.3) is 5.91 Å². The lowest BCUT2D eigenvalue weighted by molar-refractivity contribution is -0.136. The Bertz CT molecular complexity index is 924. The number of hydrogen-bond acceptors (Lipinski definition) is 5. The maximum atomic E-state index is 12.8. The van der Waals surface area contributed by atoms with Gasteiger partial charge in [-0.15, -0.1) is 0 Å². The quantitative estimate of drug-likeness (QED) is 0.700. The Hall–Kier alpha value is -2.94. The van der Waals surface area contributed by atoms with Crippen molar-refractivity contribution >= 4 is 23.8 Å². The fraction of sp³-hybridized carbons (Fsp3) is 0.545. The van der Waals surface area contributed by atoms with Crippen molar-refractivity contribution in [3.63, 3.8) is 0 Å². The molecule has 0 aromatic heterocycles. The second kappa shape index (κ2) is 8.30. The fourth-order valence-electron chi connectivity index (χ4n) is 4.43. The topological polar surface area (TPSA) is 108 Å². The van der Waals surface area contributed by atoms with Gasteiger partial charge in [-0.25, -0.2) is 4.79 Å². The summed E-state index contributed by atoms with van der Waals surface area (Å²) in [6.45, 7) is 4.03. The number of imide groups is 1. The highest BCUT2D eigenvalue weighted by Crippen LogP contribution is 2.29. The molecule has 3 aliphatic heterocycles. The highest BCUT2D eigenvalue weighted by molar-refractivity contribution is 6.05. The first kappa shape index (κ1) is 21.3. The molecule has 0 bridgehead atoms. The number of nitrogens with one attached hydrogen (secondary N) is 2. The van der Waals surface area contributed by atoms with Crippen molar-refractivity contribution in [1.29, 1.82) is 0 Å². The molecule has 2 fully saturated rings. The lowest BCUT2D eigenvalue weighted by Gasteiger charge is -2.41. The zero-order valence-corrected chi connectivity index (χ0v) is 17.9.